The highest BCUT2D eigenvalue weighted by atomic mass is 79.9. The van der Waals surface area contributed by atoms with Gasteiger partial charge >= 0.3 is 17.9 Å². The fraction of sp³-hybridized carbons (Fsp3) is 0.462. The zero-order valence-electron chi connectivity index (χ0n) is 29.5. The predicted molar refractivity (Wildman–Crippen MR) is 190 cm³/mol. The van der Waals surface area contributed by atoms with Crippen molar-refractivity contribution in [2.45, 2.75) is 108 Å². The fourth-order valence-electron chi connectivity index (χ4n) is 6.14. The lowest BCUT2D eigenvalue weighted by Gasteiger charge is -2.48. The van der Waals surface area contributed by atoms with Crippen molar-refractivity contribution in [3.05, 3.63) is 108 Å². The summed E-state index contributed by atoms with van der Waals surface area (Å²) in [5, 5.41) is -0.936. The van der Waals surface area contributed by atoms with E-state index < -0.39 is 78.0 Å². The van der Waals surface area contributed by atoms with Crippen LogP contribution in [0.2, 0.25) is 0 Å². The summed E-state index contributed by atoms with van der Waals surface area (Å²) in [4.78, 5) is 36.5. The molecule has 3 aromatic carbocycles. The fourth-order valence-corrected chi connectivity index (χ4v) is 6.84. The average Bonchev–Trinajstić information content (AvgIpc) is 3.12. The number of rotatable bonds is 15. The molecule has 0 aliphatic carbocycles. The van der Waals surface area contributed by atoms with Crippen molar-refractivity contribution in [1.29, 1.82) is 0 Å². The van der Waals surface area contributed by atoms with Gasteiger partial charge in [-0.2, -0.15) is 0 Å². The van der Waals surface area contributed by atoms with E-state index in [1.807, 2.05) is 97.9 Å². The molecule has 2 heterocycles. The lowest BCUT2D eigenvalue weighted by atomic mass is 9.97. The van der Waals surface area contributed by atoms with Gasteiger partial charge in [0, 0.05) is 20.8 Å². The van der Waals surface area contributed by atoms with Crippen LogP contribution in [-0.2, 0) is 76.8 Å². The molecule has 0 unspecified atom stereocenters. The molecule has 3 aromatic rings. The van der Waals surface area contributed by atoms with Crippen molar-refractivity contribution in [3.8, 4) is 0 Å². The molecule has 0 amide bonds. The molecule has 52 heavy (non-hydrogen) atoms. The van der Waals surface area contributed by atoms with Crippen LogP contribution in [0.5, 0.6) is 0 Å². The van der Waals surface area contributed by atoms with Gasteiger partial charge in [0.05, 0.1) is 25.9 Å². The smallest absolute Gasteiger partial charge is 0.303 e. The summed E-state index contributed by atoms with van der Waals surface area (Å²) >= 11 is 3.53. The SMILES string of the molecule is CC(=O)OC[C@H]1O[C@H](Br)[C@H](O[C@@H]2O[C@@H](C)[C@@H](OCc3ccccc3)[C@@H](OCc3ccccc3)[C@@H]2OCc2ccccc2)[C@@H](OC(C)=O)[C@H]1OC(C)=O. The minimum absolute atomic E-state index is 0.187. The van der Waals surface area contributed by atoms with Crippen LogP contribution in [0.4, 0.5) is 0 Å². The Bertz CT molecular complexity index is 1560. The maximum atomic E-state index is 12.5. The molecule has 2 saturated heterocycles. The molecule has 0 aromatic heterocycles. The summed E-state index contributed by atoms with van der Waals surface area (Å²) in [7, 11) is 0. The maximum absolute atomic E-state index is 12.5. The zero-order valence-corrected chi connectivity index (χ0v) is 31.1. The molecule has 2 aliphatic rings. The van der Waals surface area contributed by atoms with Gasteiger partial charge in [0.25, 0.3) is 0 Å². The third-order valence-corrected chi connectivity index (χ3v) is 9.24. The van der Waals surface area contributed by atoms with Crippen LogP contribution in [-0.4, -0.2) is 84.6 Å². The van der Waals surface area contributed by atoms with Gasteiger partial charge in [-0.05, 0) is 23.6 Å². The predicted octanol–water partition coefficient (Wildman–Crippen LogP) is 5.42. The number of carbonyl (C=O) groups is 3. The molecule has 5 rings (SSSR count). The summed E-state index contributed by atoms with van der Waals surface area (Å²) in [6.07, 6.45) is -8.38. The van der Waals surface area contributed by atoms with Crippen molar-refractivity contribution >= 4 is 33.8 Å². The van der Waals surface area contributed by atoms with Crippen LogP contribution >= 0.6 is 15.9 Å². The molecule has 0 spiro atoms. The van der Waals surface area contributed by atoms with E-state index in [0.29, 0.717) is 6.61 Å². The second-order valence-electron chi connectivity index (χ2n) is 12.6. The first-order valence-corrected chi connectivity index (χ1v) is 18.1. The number of halogens is 1. The Morgan fingerprint density at radius 2 is 1.04 bits per heavy atom. The lowest BCUT2D eigenvalue weighted by Crippen LogP contribution is -2.65. The molecule has 10 atom stereocenters. The number of carbonyl (C=O) groups excluding carboxylic acids is 3. The van der Waals surface area contributed by atoms with Crippen LogP contribution in [0.25, 0.3) is 0 Å². The lowest BCUT2D eigenvalue weighted by molar-refractivity contribution is -0.347. The van der Waals surface area contributed by atoms with E-state index in [1.165, 1.54) is 20.8 Å². The number of alkyl halides is 1. The molecule has 13 heteroatoms. The van der Waals surface area contributed by atoms with Gasteiger partial charge < -0.3 is 42.6 Å². The molecule has 2 fully saturated rings. The Morgan fingerprint density at radius 1 is 0.577 bits per heavy atom. The van der Waals surface area contributed by atoms with Gasteiger partial charge in [-0.25, -0.2) is 0 Å². The molecule has 0 N–H and O–H groups in total. The number of ether oxygens (including phenoxy) is 9. The van der Waals surface area contributed by atoms with Crippen molar-refractivity contribution in [2.75, 3.05) is 6.61 Å². The molecule has 0 saturated carbocycles. The first-order valence-electron chi connectivity index (χ1n) is 17.1. The Hall–Kier alpha value is -3.69. The summed E-state index contributed by atoms with van der Waals surface area (Å²) in [6, 6.07) is 29.2. The van der Waals surface area contributed by atoms with Crippen molar-refractivity contribution in [3.63, 3.8) is 0 Å². The largest absolute Gasteiger partial charge is 0.463 e. The molecule has 12 nitrogen and oxygen atoms in total. The van der Waals surface area contributed by atoms with Crippen molar-refractivity contribution < 1.29 is 57.0 Å². The van der Waals surface area contributed by atoms with Gasteiger partial charge in [-0.1, -0.05) is 107 Å². The normalized spacial score (nSPS) is 28.8. The van der Waals surface area contributed by atoms with Gasteiger partial charge in [-0.3, -0.25) is 14.4 Å². The number of benzene rings is 3. The molecule has 0 bridgehead atoms. The molecule has 2 aliphatic heterocycles. The minimum atomic E-state index is -1.20. The van der Waals surface area contributed by atoms with Crippen LogP contribution < -0.4 is 0 Å². The summed E-state index contributed by atoms with van der Waals surface area (Å²) in [6.45, 7) is 6.02. The van der Waals surface area contributed by atoms with E-state index in [-0.39, 0.29) is 19.8 Å². The third-order valence-electron chi connectivity index (χ3n) is 8.51. The Balaban J connectivity index is 1.48. The summed E-state index contributed by atoms with van der Waals surface area (Å²) < 4.78 is 55.8. The van der Waals surface area contributed by atoms with Gasteiger partial charge in [0.1, 0.15) is 42.1 Å². The quantitative estimate of drug-likeness (QED) is 0.111. The standard InChI is InChI=1S/C39H45BrO12/c1-24-32(45-20-28-14-8-5-9-15-28)34(46-21-29-16-10-6-11-17-29)37(47-22-30-18-12-7-13-19-30)39(48-24)52-36-35(50-27(4)43)33(49-26(3)42)31(51-38(36)40)23-44-25(2)41/h5-19,24,31-39H,20-23H2,1-4H3/t24-,31+,32+,33-,34+,35-,36+,37-,38-,39-/m0/s1. The number of hydrogen-bond acceptors (Lipinski definition) is 12. The van der Waals surface area contributed by atoms with E-state index >= 15 is 0 Å². The third kappa shape index (κ3) is 11.2. The monoisotopic (exact) mass is 784 g/mol. The van der Waals surface area contributed by atoms with Crippen LogP contribution in [0.1, 0.15) is 44.4 Å². The topological polar surface area (TPSA) is 134 Å². The van der Waals surface area contributed by atoms with Crippen molar-refractivity contribution in [1.82, 2.24) is 0 Å². The Kier molecular flexibility index (Phi) is 14.7. The van der Waals surface area contributed by atoms with E-state index in [9.17, 15) is 14.4 Å². The van der Waals surface area contributed by atoms with Crippen LogP contribution in [0, 0.1) is 0 Å². The first kappa shape index (κ1) is 39.5. The summed E-state index contributed by atoms with van der Waals surface area (Å²) in [5.74, 6) is -1.88. The molecular weight excluding hydrogens is 740 g/mol. The number of esters is 3. The molecular formula is C39H45BrO12. The highest BCUT2D eigenvalue weighted by Gasteiger charge is 2.54. The molecule has 280 valence electrons. The highest BCUT2D eigenvalue weighted by Crippen LogP contribution is 2.37. The van der Waals surface area contributed by atoms with E-state index in [4.69, 9.17) is 42.6 Å². The van der Waals surface area contributed by atoms with E-state index in [1.54, 1.807) is 0 Å². The highest BCUT2D eigenvalue weighted by molar-refractivity contribution is 9.09. The Labute approximate surface area is 312 Å². The zero-order chi connectivity index (χ0) is 37.0. The van der Waals surface area contributed by atoms with Crippen LogP contribution in [0.15, 0.2) is 91.0 Å². The van der Waals surface area contributed by atoms with Crippen molar-refractivity contribution in [2.24, 2.45) is 0 Å². The summed E-state index contributed by atoms with van der Waals surface area (Å²) in [5.41, 5.74) is 2.83. The average molecular weight is 786 g/mol. The second kappa shape index (κ2) is 19.4. The maximum Gasteiger partial charge on any atom is 0.303 e. The minimum Gasteiger partial charge on any atom is -0.463 e. The van der Waals surface area contributed by atoms with E-state index in [2.05, 4.69) is 15.9 Å². The van der Waals surface area contributed by atoms with Crippen LogP contribution in [0.3, 0.4) is 0 Å². The van der Waals surface area contributed by atoms with Gasteiger partial charge in [0.2, 0.25) is 0 Å². The van der Waals surface area contributed by atoms with Gasteiger partial charge in [-0.15, -0.1) is 0 Å². The molecule has 0 radical (unpaired) electrons. The Morgan fingerprint density at radius 3 is 1.52 bits per heavy atom. The van der Waals surface area contributed by atoms with Gasteiger partial charge in [0.15, 0.2) is 18.5 Å². The second-order valence-corrected chi connectivity index (χ2v) is 13.5. The number of hydrogen-bond donors (Lipinski definition) is 0. The van der Waals surface area contributed by atoms with E-state index in [0.717, 1.165) is 16.7 Å². The first-order chi connectivity index (χ1) is 25.1.